The van der Waals surface area contributed by atoms with Gasteiger partial charge in [0.1, 0.15) is 24.5 Å². The molecule has 2 rings (SSSR count). The Bertz CT molecular complexity index is 565. The van der Waals surface area contributed by atoms with E-state index in [-0.39, 0.29) is 24.0 Å². The molecule has 0 spiro atoms. The molecule has 0 radical (unpaired) electrons. The average Bonchev–Trinajstić information content (AvgIpc) is 2.81. The van der Waals surface area contributed by atoms with Crippen LogP contribution < -0.4 is 5.32 Å². The number of nitro groups is 1. The average molecular weight is 281 g/mol. The molecule has 1 aliphatic rings. The zero-order valence-electron chi connectivity index (χ0n) is 11.2. The highest BCUT2D eigenvalue weighted by Crippen LogP contribution is 2.18. The van der Waals surface area contributed by atoms with Crippen LogP contribution >= 0.6 is 0 Å². The van der Waals surface area contributed by atoms with Gasteiger partial charge in [-0.3, -0.25) is 24.4 Å². The lowest BCUT2D eigenvalue weighted by molar-refractivity contribution is -0.385. The number of rotatable bonds is 3. The van der Waals surface area contributed by atoms with Crippen molar-refractivity contribution >= 4 is 17.5 Å². The van der Waals surface area contributed by atoms with Gasteiger partial charge in [-0.1, -0.05) is 0 Å². The van der Waals surface area contributed by atoms with Crippen LogP contribution in [0.3, 0.4) is 0 Å². The molecule has 1 aliphatic heterocycles. The fourth-order valence-corrected chi connectivity index (χ4v) is 2.09. The Morgan fingerprint density at radius 3 is 2.90 bits per heavy atom. The minimum absolute atomic E-state index is 0.134. The molecule has 108 valence electrons. The van der Waals surface area contributed by atoms with Crippen molar-refractivity contribution in [2.45, 2.75) is 25.9 Å². The predicted molar refractivity (Wildman–Crippen MR) is 67.7 cm³/mol. The zero-order valence-corrected chi connectivity index (χ0v) is 11.2. The summed E-state index contributed by atoms with van der Waals surface area (Å²) in [4.78, 5) is 35.4. The third-order valence-corrected chi connectivity index (χ3v) is 3.28. The van der Waals surface area contributed by atoms with Crippen molar-refractivity contribution < 1.29 is 14.5 Å². The summed E-state index contributed by atoms with van der Waals surface area (Å²) in [6.07, 6.45) is 2.27. The van der Waals surface area contributed by atoms with Crippen molar-refractivity contribution in [3.05, 3.63) is 22.5 Å². The van der Waals surface area contributed by atoms with Gasteiger partial charge in [0.25, 0.3) is 0 Å². The lowest BCUT2D eigenvalue weighted by Crippen LogP contribution is -2.63. The molecular weight excluding hydrogens is 266 g/mol. The van der Waals surface area contributed by atoms with Crippen molar-refractivity contribution in [3.8, 4) is 0 Å². The highest BCUT2D eigenvalue weighted by molar-refractivity contribution is 5.91. The van der Waals surface area contributed by atoms with E-state index >= 15 is 0 Å². The summed E-state index contributed by atoms with van der Waals surface area (Å²) < 4.78 is 1.20. The highest BCUT2D eigenvalue weighted by Gasteiger charge is 2.40. The first-order valence-corrected chi connectivity index (χ1v) is 6.08. The van der Waals surface area contributed by atoms with Crippen LogP contribution in [0.15, 0.2) is 12.4 Å². The van der Waals surface area contributed by atoms with E-state index in [1.807, 2.05) is 0 Å². The molecule has 0 unspecified atom stereocenters. The van der Waals surface area contributed by atoms with Crippen molar-refractivity contribution in [3.63, 3.8) is 0 Å². The van der Waals surface area contributed by atoms with E-state index in [9.17, 15) is 19.7 Å². The summed E-state index contributed by atoms with van der Waals surface area (Å²) in [5.74, 6) is -0.522. The molecule has 9 heteroatoms. The fraction of sp³-hybridized carbons (Fsp3) is 0.545. The molecule has 2 amide bonds. The van der Waals surface area contributed by atoms with Crippen LogP contribution in [0, 0.1) is 10.1 Å². The molecule has 1 N–H and O–H groups in total. The van der Waals surface area contributed by atoms with Crippen LogP contribution in [0.25, 0.3) is 0 Å². The fourth-order valence-electron chi connectivity index (χ4n) is 2.09. The van der Waals surface area contributed by atoms with E-state index in [0.717, 1.165) is 6.20 Å². The van der Waals surface area contributed by atoms with Crippen LogP contribution in [-0.2, 0) is 16.1 Å². The first-order chi connectivity index (χ1) is 9.32. The largest absolute Gasteiger partial charge is 0.352 e. The third-order valence-electron chi connectivity index (χ3n) is 3.28. The van der Waals surface area contributed by atoms with Crippen LogP contribution in [-0.4, -0.2) is 50.0 Å². The number of aromatic nitrogens is 2. The lowest BCUT2D eigenvalue weighted by Gasteiger charge is -2.41. The molecule has 0 aromatic carbocycles. The van der Waals surface area contributed by atoms with E-state index in [1.54, 1.807) is 13.8 Å². The van der Waals surface area contributed by atoms with Gasteiger partial charge in [0, 0.05) is 13.1 Å². The summed E-state index contributed by atoms with van der Waals surface area (Å²) in [7, 11) is 0. The number of piperazine rings is 1. The van der Waals surface area contributed by atoms with E-state index in [4.69, 9.17) is 0 Å². The number of carbonyl (C=O) groups excluding carboxylic acids is 2. The Morgan fingerprint density at radius 1 is 1.60 bits per heavy atom. The van der Waals surface area contributed by atoms with Gasteiger partial charge in [-0.25, -0.2) is 0 Å². The molecule has 1 aromatic heterocycles. The van der Waals surface area contributed by atoms with Gasteiger partial charge in [-0.15, -0.1) is 0 Å². The second-order valence-electron chi connectivity index (χ2n) is 5.01. The van der Waals surface area contributed by atoms with Gasteiger partial charge in [0.05, 0.1) is 4.92 Å². The monoisotopic (exact) mass is 281 g/mol. The topological polar surface area (TPSA) is 110 Å². The Morgan fingerprint density at radius 2 is 2.30 bits per heavy atom. The second-order valence-corrected chi connectivity index (χ2v) is 5.01. The summed E-state index contributed by atoms with van der Waals surface area (Å²) in [6, 6.07) is 0. The van der Waals surface area contributed by atoms with Gasteiger partial charge in [0.15, 0.2) is 0 Å². The van der Waals surface area contributed by atoms with Gasteiger partial charge in [-0.2, -0.15) is 5.10 Å². The Kier molecular flexibility index (Phi) is 3.43. The van der Waals surface area contributed by atoms with Crippen molar-refractivity contribution in [2.75, 3.05) is 13.1 Å². The van der Waals surface area contributed by atoms with Gasteiger partial charge in [-0.05, 0) is 13.8 Å². The Hall–Kier alpha value is -2.45. The minimum atomic E-state index is -0.936. The van der Waals surface area contributed by atoms with E-state index < -0.39 is 10.5 Å². The maximum Gasteiger partial charge on any atom is 0.307 e. The number of hydrogen-bond acceptors (Lipinski definition) is 5. The minimum Gasteiger partial charge on any atom is -0.352 e. The van der Waals surface area contributed by atoms with Crippen LogP contribution in [0.1, 0.15) is 13.8 Å². The normalized spacial score (nSPS) is 17.7. The van der Waals surface area contributed by atoms with E-state index in [2.05, 4.69) is 10.4 Å². The molecular formula is C11H15N5O4. The molecule has 0 atom stereocenters. The smallest absolute Gasteiger partial charge is 0.307 e. The molecule has 2 heterocycles. The van der Waals surface area contributed by atoms with Gasteiger partial charge < -0.3 is 10.2 Å². The summed E-state index contributed by atoms with van der Waals surface area (Å²) >= 11 is 0. The van der Waals surface area contributed by atoms with E-state index in [0.29, 0.717) is 13.1 Å². The summed E-state index contributed by atoms with van der Waals surface area (Å²) in [5.41, 5.74) is -1.11. The SMILES string of the molecule is CC1(C)C(=O)NCCN1C(=O)Cn1cc([N+](=O)[O-])cn1. The molecule has 1 saturated heterocycles. The van der Waals surface area contributed by atoms with Gasteiger partial charge >= 0.3 is 5.69 Å². The molecule has 1 aromatic rings. The summed E-state index contributed by atoms with van der Waals surface area (Å²) in [6.45, 7) is 3.98. The van der Waals surface area contributed by atoms with Crippen LogP contribution in [0.2, 0.25) is 0 Å². The van der Waals surface area contributed by atoms with Gasteiger partial charge in [0.2, 0.25) is 11.8 Å². The molecule has 0 aliphatic carbocycles. The summed E-state index contributed by atoms with van der Waals surface area (Å²) in [5, 5.41) is 17.0. The Labute approximate surface area is 114 Å². The quantitative estimate of drug-likeness (QED) is 0.594. The zero-order chi connectivity index (χ0) is 14.9. The van der Waals surface area contributed by atoms with Crippen LogP contribution in [0.4, 0.5) is 5.69 Å². The molecule has 0 bridgehead atoms. The van der Waals surface area contributed by atoms with E-state index in [1.165, 1.54) is 15.8 Å². The molecule has 20 heavy (non-hydrogen) atoms. The first kappa shape index (κ1) is 14.0. The standard InChI is InChI=1S/C11H15N5O4/c1-11(2)10(18)12-3-4-15(11)9(17)7-14-6-8(5-13-14)16(19)20/h5-6H,3-4,7H2,1-2H3,(H,12,18). The number of carbonyl (C=O) groups is 2. The van der Waals surface area contributed by atoms with Crippen LogP contribution in [0.5, 0.6) is 0 Å². The van der Waals surface area contributed by atoms with Crippen molar-refractivity contribution in [1.29, 1.82) is 0 Å². The molecule has 0 saturated carbocycles. The number of hydrogen-bond donors (Lipinski definition) is 1. The van der Waals surface area contributed by atoms with Crippen molar-refractivity contribution in [2.24, 2.45) is 0 Å². The first-order valence-electron chi connectivity index (χ1n) is 6.08. The number of nitrogens with one attached hydrogen (secondary N) is 1. The molecule has 1 fully saturated rings. The predicted octanol–water partition coefficient (Wildman–Crippen LogP) is -0.472. The highest BCUT2D eigenvalue weighted by atomic mass is 16.6. The Balaban J connectivity index is 2.11. The lowest BCUT2D eigenvalue weighted by atomic mass is 9.99. The second kappa shape index (κ2) is 4.91. The molecule has 9 nitrogen and oxygen atoms in total. The van der Waals surface area contributed by atoms with Crippen molar-refractivity contribution in [1.82, 2.24) is 20.0 Å². The maximum absolute atomic E-state index is 12.2. The maximum atomic E-state index is 12.2. The number of nitrogens with zero attached hydrogens (tertiary/aromatic N) is 4. The number of amides is 2. The third kappa shape index (κ3) is 2.46.